The van der Waals surface area contributed by atoms with E-state index >= 15 is 0 Å². The van der Waals surface area contributed by atoms with Crippen LogP contribution < -0.4 is 5.32 Å². The molecule has 0 bridgehead atoms. The SMILES string of the molecule is CCCN(CC(=O)O)C(C)C(=O)NCc1ccco1. The van der Waals surface area contributed by atoms with Gasteiger partial charge in [-0.2, -0.15) is 0 Å². The lowest BCUT2D eigenvalue weighted by Crippen LogP contribution is -2.47. The van der Waals surface area contributed by atoms with E-state index in [0.717, 1.165) is 6.42 Å². The molecule has 106 valence electrons. The Balaban J connectivity index is 2.49. The van der Waals surface area contributed by atoms with E-state index in [2.05, 4.69) is 5.32 Å². The van der Waals surface area contributed by atoms with Gasteiger partial charge in [0.1, 0.15) is 5.76 Å². The largest absolute Gasteiger partial charge is 0.480 e. The standard InChI is InChI=1S/C13H20N2O4/c1-3-6-15(9-12(16)17)10(2)13(18)14-8-11-5-4-7-19-11/h4-5,7,10H,3,6,8-9H2,1-2H3,(H,14,18)(H,16,17). The van der Waals surface area contributed by atoms with Crippen LogP contribution in [0.25, 0.3) is 0 Å². The van der Waals surface area contributed by atoms with Crippen LogP contribution in [0.15, 0.2) is 22.8 Å². The molecule has 6 heteroatoms. The van der Waals surface area contributed by atoms with Crippen LogP contribution in [-0.4, -0.2) is 41.0 Å². The molecule has 6 nitrogen and oxygen atoms in total. The van der Waals surface area contributed by atoms with Crippen LogP contribution in [0.4, 0.5) is 0 Å². The van der Waals surface area contributed by atoms with Crippen molar-refractivity contribution in [3.63, 3.8) is 0 Å². The maximum Gasteiger partial charge on any atom is 0.317 e. The first-order chi connectivity index (χ1) is 9.04. The number of rotatable bonds is 8. The van der Waals surface area contributed by atoms with Crippen molar-refractivity contribution in [2.45, 2.75) is 32.9 Å². The predicted octanol–water partition coefficient (Wildman–Crippen LogP) is 1.08. The van der Waals surface area contributed by atoms with Crippen molar-refractivity contribution < 1.29 is 19.1 Å². The average molecular weight is 268 g/mol. The number of nitrogens with one attached hydrogen (secondary N) is 1. The van der Waals surface area contributed by atoms with E-state index in [9.17, 15) is 9.59 Å². The Morgan fingerprint density at radius 1 is 1.53 bits per heavy atom. The molecule has 0 aliphatic carbocycles. The topological polar surface area (TPSA) is 82.8 Å². The van der Waals surface area contributed by atoms with E-state index in [1.807, 2.05) is 6.92 Å². The predicted molar refractivity (Wildman–Crippen MR) is 69.5 cm³/mol. The van der Waals surface area contributed by atoms with Crippen LogP contribution in [0, 0.1) is 0 Å². The Labute approximate surface area is 112 Å². The molecule has 1 amide bonds. The summed E-state index contributed by atoms with van der Waals surface area (Å²) in [4.78, 5) is 24.4. The number of carbonyl (C=O) groups excluding carboxylic acids is 1. The molecule has 1 heterocycles. The molecule has 19 heavy (non-hydrogen) atoms. The zero-order valence-corrected chi connectivity index (χ0v) is 11.3. The van der Waals surface area contributed by atoms with E-state index < -0.39 is 12.0 Å². The van der Waals surface area contributed by atoms with Gasteiger partial charge in [-0.25, -0.2) is 0 Å². The fraction of sp³-hybridized carbons (Fsp3) is 0.538. The number of furan rings is 1. The van der Waals surface area contributed by atoms with Crippen molar-refractivity contribution in [1.29, 1.82) is 0 Å². The zero-order chi connectivity index (χ0) is 14.3. The summed E-state index contributed by atoms with van der Waals surface area (Å²) in [6, 6.07) is 3.04. The van der Waals surface area contributed by atoms with E-state index in [1.54, 1.807) is 30.2 Å². The summed E-state index contributed by atoms with van der Waals surface area (Å²) < 4.78 is 5.11. The number of carboxylic acids is 1. The van der Waals surface area contributed by atoms with Crippen molar-refractivity contribution in [2.24, 2.45) is 0 Å². The van der Waals surface area contributed by atoms with Gasteiger partial charge in [-0.1, -0.05) is 6.92 Å². The first kappa shape index (κ1) is 15.2. The maximum absolute atomic E-state index is 11.9. The monoisotopic (exact) mass is 268 g/mol. The molecule has 0 saturated carbocycles. The first-order valence-corrected chi connectivity index (χ1v) is 6.30. The molecule has 0 saturated heterocycles. The number of amides is 1. The molecule has 0 fully saturated rings. The normalized spacial score (nSPS) is 12.4. The lowest BCUT2D eigenvalue weighted by molar-refractivity contribution is -0.139. The molecule has 0 aromatic carbocycles. The highest BCUT2D eigenvalue weighted by Gasteiger charge is 2.22. The number of carboxylic acid groups (broad SMARTS) is 1. The van der Waals surface area contributed by atoms with Gasteiger partial charge in [0.25, 0.3) is 0 Å². The van der Waals surface area contributed by atoms with Gasteiger partial charge in [0, 0.05) is 0 Å². The highest BCUT2D eigenvalue weighted by atomic mass is 16.4. The van der Waals surface area contributed by atoms with Crippen LogP contribution in [0.3, 0.4) is 0 Å². The molecular weight excluding hydrogens is 248 g/mol. The van der Waals surface area contributed by atoms with Crippen LogP contribution >= 0.6 is 0 Å². The third-order valence-corrected chi connectivity index (χ3v) is 2.79. The summed E-state index contributed by atoms with van der Waals surface area (Å²) in [6.07, 6.45) is 2.34. The van der Waals surface area contributed by atoms with Crippen molar-refractivity contribution in [1.82, 2.24) is 10.2 Å². The molecule has 0 aliphatic heterocycles. The first-order valence-electron chi connectivity index (χ1n) is 6.30. The second-order valence-corrected chi connectivity index (χ2v) is 4.34. The van der Waals surface area contributed by atoms with E-state index in [0.29, 0.717) is 18.8 Å². The summed E-state index contributed by atoms with van der Waals surface area (Å²) >= 11 is 0. The third-order valence-electron chi connectivity index (χ3n) is 2.79. The summed E-state index contributed by atoms with van der Waals surface area (Å²) in [6.45, 7) is 4.40. The number of carbonyl (C=O) groups is 2. The number of hydrogen-bond acceptors (Lipinski definition) is 4. The smallest absolute Gasteiger partial charge is 0.317 e. The molecule has 1 aromatic heterocycles. The lowest BCUT2D eigenvalue weighted by atomic mass is 10.2. The van der Waals surface area contributed by atoms with E-state index in [-0.39, 0.29) is 12.5 Å². The Morgan fingerprint density at radius 3 is 2.79 bits per heavy atom. The zero-order valence-electron chi connectivity index (χ0n) is 11.3. The van der Waals surface area contributed by atoms with Gasteiger partial charge in [-0.05, 0) is 32.0 Å². The number of hydrogen-bond donors (Lipinski definition) is 2. The minimum Gasteiger partial charge on any atom is -0.480 e. The van der Waals surface area contributed by atoms with Crippen molar-refractivity contribution in [3.05, 3.63) is 24.2 Å². The molecule has 1 unspecified atom stereocenters. The fourth-order valence-corrected chi connectivity index (χ4v) is 1.77. The summed E-state index contributed by atoms with van der Waals surface area (Å²) in [7, 11) is 0. The quantitative estimate of drug-likeness (QED) is 0.737. The molecule has 1 rings (SSSR count). The Hall–Kier alpha value is -1.82. The van der Waals surface area contributed by atoms with Gasteiger partial charge in [0.15, 0.2) is 0 Å². The van der Waals surface area contributed by atoms with Gasteiger partial charge < -0.3 is 14.8 Å². The van der Waals surface area contributed by atoms with Gasteiger partial charge in [0.2, 0.25) is 5.91 Å². The second-order valence-electron chi connectivity index (χ2n) is 4.34. The minimum absolute atomic E-state index is 0.136. The second kappa shape index (κ2) is 7.58. The third kappa shape index (κ3) is 5.13. The highest BCUT2D eigenvalue weighted by molar-refractivity contribution is 5.82. The summed E-state index contributed by atoms with van der Waals surface area (Å²) in [5, 5.41) is 11.6. The lowest BCUT2D eigenvalue weighted by Gasteiger charge is -2.25. The van der Waals surface area contributed by atoms with Crippen molar-refractivity contribution in [2.75, 3.05) is 13.1 Å². The molecule has 0 spiro atoms. The van der Waals surface area contributed by atoms with Gasteiger partial charge >= 0.3 is 5.97 Å². The Morgan fingerprint density at radius 2 is 2.26 bits per heavy atom. The van der Waals surface area contributed by atoms with Crippen molar-refractivity contribution in [3.8, 4) is 0 Å². The molecule has 0 aliphatic rings. The molecule has 1 atom stereocenters. The van der Waals surface area contributed by atoms with Gasteiger partial charge in [-0.3, -0.25) is 14.5 Å². The van der Waals surface area contributed by atoms with Crippen LogP contribution in [0.5, 0.6) is 0 Å². The fourth-order valence-electron chi connectivity index (χ4n) is 1.77. The number of aliphatic carboxylic acids is 1. The Kier molecular flexibility index (Phi) is 6.08. The van der Waals surface area contributed by atoms with Crippen LogP contribution in [-0.2, 0) is 16.1 Å². The van der Waals surface area contributed by atoms with E-state index in [1.165, 1.54) is 0 Å². The molecule has 1 aromatic rings. The summed E-state index contributed by atoms with van der Waals surface area (Å²) in [5.41, 5.74) is 0. The molecule has 2 N–H and O–H groups in total. The maximum atomic E-state index is 11.9. The minimum atomic E-state index is -0.931. The van der Waals surface area contributed by atoms with Crippen LogP contribution in [0.1, 0.15) is 26.0 Å². The molecular formula is C13H20N2O4. The summed E-state index contributed by atoms with van der Waals surface area (Å²) in [5.74, 6) is -0.467. The molecule has 0 radical (unpaired) electrons. The highest BCUT2D eigenvalue weighted by Crippen LogP contribution is 2.03. The van der Waals surface area contributed by atoms with E-state index in [4.69, 9.17) is 9.52 Å². The van der Waals surface area contributed by atoms with Crippen LogP contribution in [0.2, 0.25) is 0 Å². The van der Waals surface area contributed by atoms with Crippen molar-refractivity contribution >= 4 is 11.9 Å². The number of nitrogens with zero attached hydrogens (tertiary/aromatic N) is 1. The average Bonchev–Trinajstić information content (AvgIpc) is 2.87. The van der Waals surface area contributed by atoms with Gasteiger partial charge in [0.05, 0.1) is 25.4 Å². The van der Waals surface area contributed by atoms with Gasteiger partial charge in [-0.15, -0.1) is 0 Å². The Bertz CT molecular complexity index is 403.